The van der Waals surface area contributed by atoms with Crippen LogP contribution in [0.2, 0.25) is 0 Å². The van der Waals surface area contributed by atoms with E-state index in [1.54, 1.807) is 0 Å². The summed E-state index contributed by atoms with van der Waals surface area (Å²) >= 11 is 0. The van der Waals surface area contributed by atoms with Crippen molar-refractivity contribution in [3.05, 3.63) is 17.4 Å². The van der Waals surface area contributed by atoms with Crippen LogP contribution < -0.4 is 0 Å². The fourth-order valence-corrected chi connectivity index (χ4v) is 0.820. The lowest BCUT2D eigenvalue weighted by atomic mass is 10.2. The van der Waals surface area contributed by atoms with Gasteiger partial charge in [0, 0.05) is 6.92 Å². The Balaban J connectivity index is 2.91. The molecule has 12 heavy (non-hydrogen) atoms. The van der Waals surface area contributed by atoms with Gasteiger partial charge < -0.3 is 10.3 Å². The minimum absolute atomic E-state index is 0.0370. The second-order valence-electron chi connectivity index (χ2n) is 2.25. The number of hydrogen-bond donors (Lipinski definition) is 0. The van der Waals surface area contributed by atoms with Crippen LogP contribution in [0.25, 0.3) is 5.53 Å². The summed E-state index contributed by atoms with van der Waals surface area (Å²) in [5, 5.41) is 0. The van der Waals surface area contributed by atoms with Crippen molar-refractivity contribution < 1.29 is 19.1 Å². The molecular formula is C7H6N2O3. The normalized spacial score (nSPS) is 14.8. The van der Waals surface area contributed by atoms with E-state index < -0.39 is 11.8 Å². The number of carbonyl (C=O) groups is 2. The van der Waals surface area contributed by atoms with E-state index in [0.29, 0.717) is 0 Å². The van der Waals surface area contributed by atoms with Gasteiger partial charge in [-0.15, -0.1) is 0 Å². The zero-order valence-electron chi connectivity index (χ0n) is 6.40. The van der Waals surface area contributed by atoms with Gasteiger partial charge in [-0.1, -0.05) is 0 Å². The van der Waals surface area contributed by atoms with Crippen LogP contribution in [0.1, 0.15) is 13.3 Å². The lowest BCUT2D eigenvalue weighted by Crippen LogP contribution is -2.15. The van der Waals surface area contributed by atoms with E-state index in [1.165, 1.54) is 13.0 Å². The molecule has 0 amide bonds. The van der Waals surface area contributed by atoms with Crippen molar-refractivity contribution in [1.29, 1.82) is 0 Å². The lowest BCUT2D eigenvalue weighted by Gasteiger charge is -1.92. The molecule has 0 bridgehead atoms. The first kappa shape index (κ1) is 8.36. The molecule has 62 valence electrons. The van der Waals surface area contributed by atoms with Gasteiger partial charge in [-0.05, 0) is 6.08 Å². The summed E-state index contributed by atoms with van der Waals surface area (Å²) in [5.74, 6) is -0.860. The standard InChI is InChI=1S/C7H6N2O3/c1-4(10)7(9-8)5-2-3-6(11)12-5/h2H,3H2,1H3. The van der Waals surface area contributed by atoms with Gasteiger partial charge in [0.2, 0.25) is 11.5 Å². The molecule has 0 radical (unpaired) electrons. The zero-order valence-corrected chi connectivity index (χ0v) is 6.40. The summed E-state index contributed by atoms with van der Waals surface area (Å²) in [4.78, 5) is 24.0. The molecule has 0 aromatic rings. The maximum Gasteiger partial charge on any atom is 0.399 e. The number of Topliss-reactive ketones (excluding diaryl/α,β-unsaturated/α-hetero) is 1. The van der Waals surface area contributed by atoms with E-state index in [2.05, 4.69) is 9.53 Å². The Bertz CT molecular complexity index is 324. The quantitative estimate of drug-likeness (QED) is 0.252. The molecule has 0 saturated carbocycles. The molecule has 0 saturated heterocycles. The van der Waals surface area contributed by atoms with E-state index in [4.69, 9.17) is 5.53 Å². The van der Waals surface area contributed by atoms with Crippen molar-refractivity contribution >= 4 is 17.5 Å². The number of rotatable bonds is 2. The molecule has 1 heterocycles. The highest BCUT2D eigenvalue weighted by molar-refractivity contribution is 6.42. The minimum atomic E-state index is -0.451. The maximum atomic E-state index is 10.7. The highest BCUT2D eigenvalue weighted by Crippen LogP contribution is 2.11. The molecule has 0 N–H and O–H groups in total. The van der Waals surface area contributed by atoms with Crippen molar-refractivity contribution in [1.82, 2.24) is 0 Å². The van der Waals surface area contributed by atoms with Gasteiger partial charge >= 0.3 is 11.7 Å². The predicted molar refractivity (Wildman–Crippen MR) is 38.1 cm³/mol. The molecule has 1 rings (SSSR count). The lowest BCUT2D eigenvalue weighted by molar-refractivity contribution is -0.136. The van der Waals surface area contributed by atoms with Gasteiger partial charge in [0.05, 0.1) is 6.42 Å². The highest BCUT2D eigenvalue weighted by atomic mass is 16.5. The van der Waals surface area contributed by atoms with Gasteiger partial charge in [0.1, 0.15) is 0 Å². The van der Waals surface area contributed by atoms with Crippen molar-refractivity contribution in [2.75, 3.05) is 0 Å². The fraction of sp³-hybridized carbons (Fsp3) is 0.286. The third kappa shape index (κ3) is 1.46. The Morgan fingerprint density at radius 1 is 1.75 bits per heavy atom. The number of hydrogen-bond acceptors (Lipinski definition) is 3. The summed E-state index contributed by atoms with van der Waals surface area (Å²) in [5.41, 5.74) is 8.16. The predicted octanol–water partition coefficient (Wildman–Crippen LogP) is 0.0770. The number of esters is 1. The van der Waals surface area contributed by atoms with E-state index in [-0.39, 0.29) is 17.9 Å². The summed E-state index contributed by atoms with van der Waals surface area (Å²) < 4.78 is 4.59. The molecule has 0 spiro atoms. The monoisotopic (exact) mass is 166 g/mol. The van der Waals surface area contributed by atoms with E-state index in [1.807, 2.05) is 0 Å². The second-order valence-corrected chi connectivity index (χ2v) is 2.25. The van der Waals surface area contributed by atoms with Crippen molar-refractivity contribution in [2.24, 2.45) is 0 Å². The van der Waals surface area contributed by atoms with Crippen LogP contribution in [0.5, 0.6) is 0 Å². The van der Waals surface area contributed by atoms with Gasteiger partial charge in [0.15, 0.2) is 0 Å². The SMILES string of the molecule is CC(=O)C(=[N+]=[N-])C1=CCC(=O)O1. The second kappa shape index (κ2) is 3.11. The Morgan fingerprint density at radius 2 is 2.42 bits per heavy atom. The summed E-state index contributed by atoms with van der Waals surface area (Å²) in [6.07, 6.45) is 1.51. The molecule has 5 nitrogen and oxygen atoms in total. The average molecular weight is 166 g/mol. The van der Waals surface area contributed by atoms with Crippen LogP contribution in [-0.2, 0) is 14.3 Å². The van der Waals surface area contributed by atoms with E-state index in [9.17, 15) is 9.59 Å². The van der Waals surface area contributed by atoms with Crippen molar-refractivity contribution in [3.63, 3.8) is 0 Å². The number of cyclic esters (lactones) is 1. The Kier molecular flexibility index (Phi) is 2.16. The fourth-order valence-electron chi connectivity index (χ4n) is 0.820. The van der Waals surface area contributed by atoms with Crippen LogP contribution >= 0.6 is 0 Å². The molecule has 0 aromatic heterocycles. The van der Waals surface area contributed by atoms with E-state index >= 15 is 0 Å². The summed E-state index contributed by atoms with van der Waals surface area (Å²) in [6.45, 7) is 1.22. The third-order valence-electron chi connectivity index (χ3n) is 1.34. The van der Waals surface area contributed by atoms with Crippen LogP contribution in [0.3, 0.4) is 0 Å². The van der Waals surface area contributed by atoms with Gasteiger partial charge in [-0.2, -0.15) is 4.79 Å². The number of allylic oxidation sites excluding steroid dienone is 1. The Labute approximate surface area is 68.3 Å². The number of nitrogens with zero attached hydrogens (tertiary/aromatic N) is 2. The molecule has 1 aliphatic rings. The van der Waals surface area contributed by atoms with Gasteiger partial charge in [-0.3, -0.25) is 9.59 Å². The maximum absolute atomic E-state index is 10.7. The third-order valence-corrected chi connectivity index (χ3v) is 1.34. The molecule has 0 fully saturated rings. The average Bonchev–Trinajstić information content (AvgIpc) is 2.37. The highest BCUT2D eigenvalue weighted by Gasteiger charge is 2.28. The topological polar surface area (TPSA) is 79.8 Å². The molecular weight excluding hydrogens is 160 g/mol. The first-order chi connectivity index (χ1) is 5.65. The van der Waals surface area contributed by atoms with Crippen molar-refractivity contribution in [2.45, 2.75) is 13.3 Å². The van der Waals surface area contributed by atoms with Gasteiger partial charge in [-0.25, -0.2) is 0 Å². The zero-order chi connectivity index (χ0) is 9.14. The number of carbonyl (C=O) groups excluding carboxylic acids is 2. The Hall–Kier alpha value is -1.74. The van der Waals surface area contributed by atoms with E-state index in [0.717, 1.165) is 0 Å². The summed E-state index contributed by atoms with van der Waals surface area (Å²) in [7, 11) is 0. The van der Waals surface area contributed by atoms with Gasteiger partial charge in [0.25, 0.3) is 0 Å². The molecule has 0 aliphatic carbocycles. The number of ether oxygens (including phenoxy) is 1. The van der Waals surface area contributed by atoms with Crippen LogP contribution in [-0.4, -0.2) is 22.3 Å². The number of ketones is 1. The molecule has 0 unspecified atom stereocenters. The first-order valence-electron chi connectivity index (χ1n) is 3.29. The molecule has 1 aliphatic heterocycles. The minimum Gasteiger partial charge on any atom is -0.418 e. The van der Waals surface area contributed by atoms with Crippen LogP contribution in [0.4, 0.5) is 0 Å². The van der Waals surface area contributed by atoms with Crippen LogP contribution in [0.15, 0.2) is 11.8 Å². The Morgan fingerprint density at radius 3 is 2.75 bits per heavy atom. The van der Waals surface area contributed by atoms with Crippen molar-refractivity contribution in [3.8, 4) is 0 Å². The molecule has 5 heteroatoms. The molecule has 0 atom stereocenters. The van der Waals surface area contributed by atoms with Crippen LogP contribution in [0, 0.1) is 0 Å². The molecule has 0 aromatic carbocycles. The largest absolute Gasteiger partial charge is 0.418 e. The smallest absolute Gasteiger partial charge is 0.399 e. The first-order valence-corrected chi connectivity index (χ1v) is 3.29. The summed E-state index contributed by atoms with van der Waals surface area (Å²) in [6, 6.07) is 0.